The fourth-order valence-corrected chi connectivity index (χ4v) is 4.38. The van der Waals surface area contributed by atoms with Crippen molar-refractivity contribution in [1.29, 1.82) is 0 Å². The summed E-state index contributed by atoms with van der Waals surface area (Å²) in [4.78, 5) is 46.8. The number of alkyl halides is 2. The molecule has 186 valence electrons. The molecule has 0 atom stereocenters. The van der Waals surface area contributed by atoms with Crippen LogP contribution in [0.1, 0.15) is 24.5 Å². The molecule has 1 aliphatic heterocycles. The van der Waals surface area contributed by atoms with Gasteiger partial charge < -0.3 is 10.2 Å². The monoisotopic (exact) mass is 499 g/mol. The van der Waals surface area contributed by atoms with Crippen molar-refractivity contribution in [3.8, 4) is 0 Å². The van der Waals surface area contributed by atoms with Gasteiger partial charge in [-0.05, 0) is 37.1 Å². The summed E-state index contributed by atoms with van der Waals surface area (Å²) in [6, 6.07) is 7.31. The Labute approximate surface area is 201 Å². The first-order valence-corrected chi connectivity index (χ1v) is 11.2. The van der Waals surface area contributed by atoms with E-state index in [0.29, 0.717) is 29.8 Å². The van der Waals surface area contributed by atoms with E-state index >= 15 is 0 Å². The first kappa shape index (κ1) is 23.5. The zero-order valence-electron chi connectivity index (χ0n) is 18.8. The highest BCUT2D eigenvalue weighted by Gasteiger charge is 2.30. The van der Waals surface area contributed by atoms with Crippen LogP contribution in [0.2, 0.25) is 0 Å². The molecule has 5 heterocycles. The average molecular weight is 499 g/mol. The minimum absolute atomic E-state index is 0.132. The van der Waals surface area contributed by atoms with Crippen molar-refractivity contribution in [2.75, 3.05) is 18.4 Å². The number of hydrogen-bond acceptors (Lipinski definition) is 6. The number of anilines is 1. The average Bonchev–Trinajstić information content (AvgIpc) is 3.33. The van der Waals surface area contributed by atoms with Crippen LogP contribution < -0.4 is 10.9 Å². The summed E-state index contributed by atoms with van der Waals surface area (Å²) in [5.74, 6) is -2.29. The van der Waals surface area contributed by atoms with Crippen LogP contribution in [0.3, 0.4) is 0 Å². The third kappa shape index (κ3) is 4.39. The molecular formula is C23H20F3N7O3. The number of nitrogens with zero attached hydrogens (tertiary/aromatic N) is 6. The summed E-state index contributed by atoms with van der Waals surface area (Å²) in [6.07, 6.45) is 0.294. The fourth-order valence-electron chi connectivity index (χ4n) is 4.38. The summed E-state index contributed by atoms with van der Waals surface area (Å²) >= 11 is 0. The Hall–Kier alpha value is -4.29. The Morgan fingerprint density at radius 1 is 1.14 bits per heavy atom. The van der Waals surface area contributed by atoms with Gasteiger partial charge in [0.05, 0.1) is 17.3 Å². The van der Waals surface area contributed by atoms with Crippen molar-refractivity contribution in [2.24, 2.45) is 0 Å². The van der Waals surface area contributed by atoms with E-state index in [1.54, 1.807) is 18.2 Å². The quantitative estimate of drug-likeness (QED) is 0.450. The van der Waals surface area contributed by atoms with Crippen LogP contribution in [0.15, 0.2) is 47.5 Å². The zero-order valence-corrected chi connectivity index (χ0v) is 18.8. The number of hydrogen-bond donors (Lipinski definition) is 1. The van der Waals surface area contributed by atoms with Crippen molar-refractivity contribution in [2.45, 2.75) is 31.7 Å². The van der Waals surface area contributed by atoms with Gasteiger partial charge in [-0.2, -0.15) is 18.4 Å². The maximum Gasteiger partial charge on any atom is 0.315 e. The van der Waals surface area contributed by atoms with E-state index in [1.165, 1.54) is 21.3 Å². The van der Waals surface area contributed by atoms with Crippen molar-refractivity contribution in [3.63, 3.8) is 0 Å². The molecule has 0 radical (unpaired) electrons. The second-order valence-electron chi connectivity index (χ2n) is 8.42. The lowest BCUT2D eigenvalue weighted by molar-refractivity contribution is -0.143. The Morgan fingerprint density at radius 3 is 2.61 bits per heavy atom. The Morgan fingerprint density at radius 2 is 1.92 bits per heavy atom. The van der Waals surface area contributed by atoms with Crippen molar-refractivity contribution in [1.82, 2.24) is 29.0 Å². The Kier molecular flexibility index (Phi) is 6.12. The van der Waals surface area contributed by atoms with Gasteiger partial charge in [0.1, 0.15) is 23.8 Å². The van der Waals surface area contributed by atoms with E-state index in [2.05, 4.69) is 20.4 Å². The fraction of sp³-hybridized carbons (Fsp3) is 0.304. The number of piperidine rings is 1. The molecule has 1 N–H and O–H groups in total. The Balaban J connectivity index is 1.48. The second-order valence-corrected chi connectivity index (χ2v) is 8.42. The maximum atomic E-state index is 13.3. The number of fused-ring (bicyclic) bond motifs is 3. The molecule has 13 heteroatoms. The summed E-state index contributed by atoms with van der Waals surface area (Å²) in [5, 5.41) is 7.42. The molecule has 0 bridgehead atoms. The standard InChI is InChI=1S/C23H20F3N7O3/c24-14-3-4-17(28-11-14)29-18(34)12-32-19-10-16(13-5-8-31(9-6-13)23(36)20(25)26)30-33(19)21-15(22(32)35)2-1-7-27-21/h1-4,7,10-11,13,20H,5-6,8-9,12H2,(H,28,29,34). The van der Waals surface area contributed by atoms with Crippen molar-refractivity contribution in [3.05, 3.63) is 64.6 Å². The van der Waals surface area contributed by atoms with Gasteiger partial charge in [0.25, 0.3) is 11.5 Å². The van der Waals surface area contributed by atoms with Gasteiger partial charge in [0, 0.05) is 31.3 Å². The molecule has 0 aliphatic carbocycles. The molecule has 1 saturated heterocycles. The van der Waals surface area contributed by atoms with Crippen LogP contribution in [0.5, 0.6) is 0 Å². The summed E-state index contributed by atoms with van der Waals surface area (Å²) in [6.45, 7) is -0.0279. The number of carbonyl (C=O) groups excluding carboxylic acids is 2. The molecule has 1 aliphatic rings. The molecule has 0 unspecified atom stereocenters. The van der Waals surface area contributed by atoms with Crippen molar-refractivity contribution < 1.29 is 22.8 Å². The zero-order chi connectivity index (χ0) is 25.4. The van der Waals surface area contributed by atoms with E-state index in [-0.39, 0.29) is 36.8 Å². The molecular weight excluding hydrogens is 479 g/mol. The molecule has 4 aromatic rings. The SMILES string of the molecule is O=C(Cn1c(=O)c2cccnc2n2nc(C3CCN(C(=O)C(F)F)CC3)cc12)Nc1ccc(F)cn1. The van der Waals surface area contributed by atoms with Gasteiger partial charge >= 0.3 is 6.43 Å². The molecule has 0 spiro atoms. The van der Waals surface area contributed by atoms with Crippen molar-refractivity contribution >= 4 is 34.3 Å². The number of likely N-dealkylation sites (tertiary alicyclic amines) is 1. The molecule has 0 aromatic carbocycles. The summed E-state index contributed by atoms with van der Waals surface area (Å²) < 4.78 is 41.4. The number of carbonyl (C=O) groups is 2. The van der Waals surface area contributed by atoms with Crippen LogP contribution in [-0.2, 0) is 16.1 Å². The normalized spacial score (nSPS) is 14.6. The number of nitrogens with one attached hydrogen (secondary N) is 1. The van der Waals surface area contributed by atoms with E-state index in [1.807, 2.05) is 0 Å². The van der Waals surface area contributed by atoms with Gasteiger partial charge in [-0.3, -0.25) is 19.0 Å². The van der Waals surface area contributed by atoms with Crippen LogP contribution >= 0.6 is 0 Å². The van der Waals surface area contributed by atoms with Crippen LogP contribution in [0.4, 0.5) is 19.0 Å². The smallest absolute Gasteiger partial charge is 0.315 e. The first-order chi connectivity index (χ1) is 17.3. The van der Waals surface area contributed by atoms with E-state index < -0.39 is 29.6 Å². The van der Waals surface area contributed by atoms with E-state index in [9.17, 15) is 27.6 Å². The van der Waals surface area contributed by atoms with Gasteiger partial charge in [-0.25, -0.2) is 14.4 Å². The third-order valence-corrected chi connectivity index (χ3v) is 6.16. The molecule has 36 heavy (non-hydrogen) atoms. The number of halogens is 3. The number of aromatic nitrogens is 5. The third-order valence-electron chi connectivity index (χ3n) is 6.16. The minimum atomic E-state index is -3.04. The highest BCUT2D eigenvalue weighted by Crippen LogP contribution is 2.29. The van der Waals surface area contributed by atoms with Gasteiger partial charge in [-0.15, -0.1) is 0 Å². The predicted molar refractivity (Wildman–Crippen MR) is 122 cm³/mol. The van der Waals surface area contributed by atoms with E-state index in [4.69, 9.17) is 0 Å². The molecule has 10 nitrogen and oxygen atoms in total. The number of pyridine rings is 2. The number of amides is 2. The molecule has 2 amide bonds. The maximum absolute atomic E-state index is 13.3. The largest absolute Gasteiger partial charge is 0.338 e. The highest BCUT2D eigenvalue weighted by atomic mass is 19.3. The van der Waals surface area contributed by atoms with Crippen LogP contribution in [-0.4, -0.2) is 60.4 Å². The van der Waals surface area contributed by atoms with Gasteiger partial charge in [0.15, 0.2) is 5.65 Å². The summed E-state index contributed by atoms with van der Waals surface area (Å²) in [5.41, 5.74) is 0.795. The van der Waals surface area contributed by atoms with Gasteiger partial charge in [0.2, 0.25) is 5.91 Å². The van der Waals surface area contributed by atoms with E-state index in [0.717, 1.165) is 17.2 Å². The molecule has 0 saturated carbocycles. The lowest BCUT2D eigenvalue weighted by atomic mass is 9.93. The Bertz CT molecular complexity index is 1510. The molecule has 4 aromatic heterocycles. The first-order valence-electron chi connectivity index (χ1n) is 11.2. The molecule has 1 fully saturated rings. The van der Waals surface area contributed by atoms with Crippen LogP contribution in [0, 0.1) is 5.82 Å². The summed E-state index contributed by atoms with van der Waals surface area (Å²) in [7, 11) is 0. The number of rotatable bonds is 5. The lowest BCUT2D eigenvalue weighted by Gasteiger charge is -2.30. The van der Waals surface area contributed by atoms with Crippen LogP contribution in [0.25, 0.3) is 16.7 Å². The topological polar surface area (TPSA) is 114 Å². The minimum Gasteiger partial charge on any atom is -0.338 e. The van der Waals surface area contributed by atoms with Gasteiger partial charge in [-0.1, -0.05) is 0 Å². The lowest BCUT2D eigenvalue weighted by Crippen LogP contribution is -2.41. The predicted octanol–water partition coefficient (Wildman–Crippen LogP) is 2.19. The highest BCUT2D eigenvalue weighted by molar-refractivity contribution is 5.90. The molecule has 5 rings (SSSR count). The second kappa shape index (κ2) is 9.40.